The fourth-order valence-electron chi connectivity index (χ4n) is 7.86. The summed E-state index contributed by atoms with van der Waals surface area (Å²) in [5, 5.41) is 17.0. The van der Waals surface area contributed by atoms with Crippen LogP contribution < -0.4 is 15.0 Å². The number of alkyl halides is 1. The number of rotatable bonds is 5. The summed E-state index contributed by atoms with van der Waals surface area (Å²) in [6, 6.07) is 12.0. The van der Waals surface area contributed by atoms with Crippen LogP contribution in [0.1, 0.15) is 37.7 Å². The predicted octanol–water partition coefficient (Wildman–Crippen LogP) is 5.23. The highest BCUT2D eigenvalue weighted by atomic mass is 19.1. The number of nitrogens with zero attached hydrogens (tertiary/aromatic N) is 3. The van der Waals surface area contributed by atoms with Crippen molar-refractivity contribution in [2.24, 2.45) is 0 Å². The van der Waals surface area contributed by atoms with Crippen LogP contribution in [0.4, 0.5) is 10.2 Å². The van der Waals surface area contributed by atoms with E-state index in [9.17, 15) is 9.50 Å². The van der Waals surface area contributed by atoms with E-state index in [0.717, 1.165) is 84.0 Å². The fourth-order valence-corrected chi connectivity index (χ4v) is 7.86. The zero-order valence-electron chi connectivity index (χ0n) is 22.9. The molecule has 2 bridgehead atoms. The Labute approximate surface area is 238 Å². The zero-order valence-corrected chi connectivity index (χ0v) is 22.9. The highest BCUT2D eigenvalue weighted by molar-refractivity contribution is 6.09. The van der Waals surface area contributed by atoms with Crippen LogP contribution in [0, 0.1) is 12.3 Å². The van der Waals surface area contributed by atoms with Gasteiger partial charge in [-0.25, -0.2) is 4.39 Å². The molecule has 0 aliphatic carbocycles. The number of furan rings is 1. The Hall–Kier alpha value is -3.80. The summed E-state index contributed by atoms with van der Waals surface area (Å²) >= 11 is 0. The minimum atomic E-state index is -0.814. The molecule has 4 aliphatic heterocycles. The van der Waals surface area contributed by atoms with Gasteiger partial charge in [0.2, 0.25) is 5.88 Å². The number of anilines is 1. The minimum absolute atomic E-state index is 0.155. The number of piperazine rings is 1. The number of benzene rings is 2. The summed E-state index contributed by atoms with van der Waals surface area (Å²) in [6.07, 6.45) is 11.6. The van der Waals surface area contributed by atoms with Gasteiger partial charge in [-0.15, -0.1) is 6.42 Å². The van der Waals surface area contributed by atoms with E-state index in [1.807, 2.05) is 24.3 Å². The van der Waals surface area contributed by atoms with Crippen molar-refractivity contribution in [3.63, 3.8) is 0 Å². The molecule has 6 heterocycles. The van der Waals surface area contributed by atoms with Crippen molar-refractivity contribution in [3.05, 3.63) is 48.2 Å². The molecule has 210 valence electrons. The molecule has 4 aromatic rings. The summed E-state index contributed by atoms with van der Waals surface area (Å²) in [6.45, 7) is 3.49. The van der Waals surface area contributed by atoms with Crippen LogP contribution in [0.25, 0.3) is 32.9 Å². The number of aromatic nitrogens is 1. The van der Waals surface area contributed by atoms with Gasteiger partial charge in [-0.1, -0.05) is 18.1 Å². The minimum Gasteiger partial charge on any atom is -0.508 e. The molecule has 4 atom stereocenters. The second kappa shape index (κ2) is 9.37. The Bertz CT molecular complexity index is 1700. The summed E-state index contributed by atoms with van der Waals surface area (Å²) in [5.41, 5.74) is 2.78. The lowest BCUT2D eigenvalue weighted by atomic mass is 9.94. The number of terminal acetylenes is 1. The molecular formula is C33H33FN4O3. The molecule has 0 amide bonds. The van der Waals surface area contributed by atoms with Gasteiger partial charge in [0.15, 0.2) is 11.4 Å². The van der Waals surface area contributed by atoms with Crippen molar-refractivity contribution in [1.82, 2.24) is 15.2 Å². The van der Waals surface area contributed by atoms with Crippen molar-refractivity contribution in [3.8, 4) is 35.1 Å². The molecular weight excluding hydrogens is 519 g/mol. The molecule has 8 rings (SSSR count). The molecule has 2 aromatic heterocycles. The largest absolute Gasteiger partial charge is 0.508 e. The van der Waals surface area contributed by atoms with E-state index in [1.54, 1.807) is 18.4 Å². The van der Waals surface area contributed by atoms with Crippen molar-refractivity contribution >= 4 is 27.6 Å². The third-order valence-electron chi connectivity index (χ3n) is 9.69. The number of aromatic hydroxyl groups is 1. The van der Waals surface area contributed by atoms with Crippen LogP contribution in [0.15, 0.2) is 47.1 Å². The molecule has 7 nitrogen and oxygen atoms in total. The van der Waals surface area contributed by atoms with E-state index in [0.29, 0.717) is 43.1 Å². The second-order valence-corrected chi connectivity index (χ2v) is 12.3. The first-order chi connectivity index (χ1) is 20.0. The van der Waals surface area contributed by atoms with E-state index in [-0.39, 0.29) is 11.3 Å². The first-order valence-electron chi connectivity index (χ1n) is 14.7. The normalized spacial score (nSPS) is 27.5. The van der Waals surface area contributed by atoms with Gasteiger partial charge < -0.3 is 24.5 Å². The van der Waals surface area contributed by atoms with Gasteiger partial charge in [-0.05, 0) is 61.4 Å². The van der Waals surface area contributed by atoms with Gasteiger partial charge >= 0.3 is 0 Å². The van der Waals surface area contributed by atoms with Crippen molar-refractivity contribution in [1.29, 1.82) is 0 Å². The number of hydrogen-bond donors (Lipinski definition) is 2. The number of phenolic OH excluding ortho intramolecular Hbond substituents is 1. The smallest absolute Gasteiger partial charge is 0.216 e. The monoisotopic (exact) mass is 552 g/mol. The van der Waals surface area contributed by atoms with Crippen molar-refractivity contribution in [2.75, 3.05) is 37.7 Å². The lowest BCUT2D eigenvalue weighted by Gasteiger charge is -2.34. The molecule has 0 spiro atoms. The molecule has 41 heavy (non-hydrogen) atoms. The molecule has 2 N–H and O–H groups in total. The highest BCUT2D eigenvalue weighted by Gasteiger charge is 2.49. The molecule has 2 unspecified atom stereocenters. The topological polar surface area (TPSA) is 74.0 Å². The van der Waals surface area contributed by atoms with Crippen LogP contribution in [-0.4, -0.2) is 71.6 Å². The van der Waals surface area contributed by atoms with E-state index >= 15 is 0 Å². The fraction of sp³-hybridized carbons (Fsp3) is 0.424. The van der Waals surface area contributed by atoms with Crippen LogP contribution in [0.2, 0.25) is 0 Å². The maximum atomic E-state index is 14.5. The Morgan fingerprint density at radius 2 is 2.02 bits per heavy atom. The average molecular weight is 553 g/mol. The van der Waals surface area contributed by atoms with Gasteiger partial charge in [0.1, 0.15) is 18.5 Å². The quantitative estimate of drug-likeness (QED) is 0.329. The molecule has 2 aromatic carbocycles. The van der Waals surface area contributed by atoms with Crippen LogP contribution >= 0.6 is 0 Å². The van der Waals surface area contributed by atoms with E-state index in [4.69, 9.17) is 20.6 Å². The first kappa shape index (κ1) is 25.0. The van der Waals surface area contributed by atoms with Crippen molar-refractivity contribution in [2.45, 2.75) is 55.9 Å². The number of halogens is 1. The number of phenols is 1. The number of nitrogens with one attached hydrogen (secondary N) is 1. The summed E-state index contributed by atoms with van der Waals surface area (Å²) < 4.78 is 27.2. The van der Waals surface area contributed by atoms with Crippen LogP contribution in [-0.2, 0) is 0 Å². The lowest BCUT2D eigenvalue weighted by Crippen LogP contribution is -2.51. The first-order valence-corrected chi connectivity index (χ1v) is 14.7. The maximum Gasteiger partial charge on any atom is 0.216 e. The molecule has 4 fully saturated rings. The van der Waals surface area contributed by atoms with E-state index in [2.05, 4.69) is 21.0 Å². The average Bonchev–Trinajstić information content (AvgIpc) is 3.72. The van der Waals surface area contributed by atoms with Gasteiger partial charge in [0, 0.05) is 66.1 Å². The van der Waals surface area contributed by atoms with Gasteiger partial charge in [0.25, 0.3) is 0 Å². The Balaban J connectivity index is 1.27. The Morgan fingerprint density at radius 3 is 2.85 bits per heavy atom. The number of ether oxygens (including phenoxy) is 1. The Morgan fingerprint density at radius 1 is 1.17 bits per heavy atom. The van der Waals surface area contributed by atoms with Crippen molar-refractivity contribution < 1.29 is 18.7 Å². The number of pyridine rings is 1. The molecule has 4 saturated heterocycles. The SMILES string of the molecule is C#Cc1cccc2cc(O)cc(-c3coc4c(N5CC6CCC(C5)N6)nc(OC[C@@]56CCCN5C[C@H](F)C6)cc34)c12. The Kier molecular flexibility index (Phi) is 5.70. The zero-order chi connectivity index (χ0) is 27.7. The highest BCUT2D eigenvalue weighted by Crippen LogP contribution is 2.44. The predicted molar refractivity (Wildman–Crippen MR) is 157 cm³/mol. The maximum absolute atomic E-state index is 14.5. The van der Waals surface area contributed by atoms with Crippen LogP contribution in [0.3, 0.4) is 0 Å². The summed E-state index contributed by atoms with van der Waals surface area (Å²) in [5.74, 6) is 4.23. The third-order valence-corrected chi connectivity index (χ3v) is 9.69. The van der Waals surface area contributed by atoms with Gasteiger partial charge in [-0.2, -0.15) is 4.98 Å². The standard InChI is InChI=1S/C33H33FN4O3/c1-2-20-5-3-6-21-11-25(39)12-26(30(20)21)28-18-40-31-27(28)13-29(36-32(31)37-16-23-7-8-24(17-37)35-23)41-19-33-9-4-10-38(33)15-22(34)14-33/h1,3,5-6,11-13,18,22-24,35,39H,4,7-10,14-17,19H2/t22-,23?,24?,33+/m1/s1. The molecule has 0 saturated carbocycles. The molecule has 4 aliphatic rings. The van der Waals surface area contributed by atoms with E-state index in [1.165, 1.54) is 0 Å². The third kappa shape index (κ3) is 4.05. The lowest BCUT2D eigenvalue weighted by molar-refractivity contribution is 0.111. The summed E-state index contributed by atoms with van der Waals surface area (Å²) in [7, 11) is 0. The van der Waals surface area contributed by atoms with Gasteiger partial charge in [-0.3, -0.25) is 4.90 Å². The molecule has 0 radical (unpaired) electrons. The number of hydrogen-bond acceptors (Lipinski definition) is 7. The van der Waals surface area contributed by atoms with Gasteiger partial charge in [0.05, 0.1) is 11.8 Å². The second-order valence-electron chi connectivity index (χ2n) is 12.3. The van der Waals surface area contributed by atoms with Crippen LogP contribution in [0.5, 0.6) is 11.6 Å². The summed E-state index contributed by atoms with van der Waals surface area (Å²) in [4.78, 5) is 9.59. The molecule has 8 heteroatoms. The number of fused-ring (bicyclic) bond motifs is 5. The van der Waals surface area contributed by atoms with E-state index < -0.39 is 6.17 Å².